The van der Waals surface area contributed by atoms with Gasteiger partial charge in [-0.05, 0) is 51.3 Å². The summed E-state index contributed by atoms with van der Waals surface area (Å²) in [7, 11) is 0. The van der Waals surface area contributed by atoms with Gasteiger partial charge < -0.3 is 10.5 Å². The van der Waals surface area contributed by atoms with E-state index < -0.39 is 5.60 Å². The van der Waals surface area contributed by atoms with Gasteiger partial charge in [0.05, 0.1) is 0 Å². The molecule has 0 fully saturated rings. The molecule has 1 rings (SSSR count). The molecular formula is C15H24ClNO2. The van der Waals surface area contributed by atoms with Crippen molar-refractivity contribution in [2.75, 3.05) is 6.54 Å². The maximum Gasteiger partial charge on any atom is 0.306 e. The van der Waals surface area contributed by atoms with Crippen LogP contribution in [0.1, 0.15) is 38.3 Å². The van der Waals surface area contributed by atoms with E-state index in [-0.39, 0.29) is 18.4 Å². The molecule has 0 radical (unpaired) electrons. The number of esters is 1. The monoisotopic (exact) mass is 285 g/mol. The highest BCUT2D eigenvalue weighted by atomic mass is 35.5. The Balaban J connectivity index is 0.00000324. The molecule has 19 heavy (non-hydrogen) atoms. The zero-order chi connectivity index (χ0) is 13.6. The van der Waals surface area contributed by atoms with Gasteiger partial charge in [-0.25, -0.2) is 0 Å². The summed E-state index contributed by atoms with van der Waals surface area (Å²) in [5.74, 6) is -0.145. The fourth-order valence-corrected chi connectivity index (χ4v) is 1.68. The van der Waals surface area contributed by atoms with Crippen LogP contribution in [0.15, 0.2) is 24.3 Å². The third-order valence-corrected chi connectivity index (χ3v) is 2.49. The fraction of sp³-hybridized carbons (Fsp3) is 0.533. The van der Waals surface area contributed by atoms with Gasteiger partial charge in [-0.3, -0.25) is 4.79 Å². The highest BCUT2D eigenvalue weighted by Gasteiger charge is 2.15. The molecule has 108 valence electrons. The van der Waals surface area contributed by atoms with Crippen LogP contribution in [0.2, 0.25) is 0 Å². The van der Waals surface area contributed by atoms with Crippen molar-refractivity contribution in [2.24, 2.45) is 5.73 Å². The van der Waals surface area contributed by atoms with Crippen LogP contribution in [0.3, 0.4) is 0 Å². The van der Waals surface area contributed by atoms with Crippen LogP contribution in [-0.2, 0) is 22.4 Å². The second-order valence-electron chi connectivity index (χ2n) is 5.44. The predicted octanol–water partition coefficient (Wildman–Crippen LogP) is 2.88. The molecule has 0 aliphatic carbocycles. The van der Waals surface area contributed by atoms with Crippen molar-refractivity contribution in [2.45, 2.75) is 45.6 Å². The molecule has 0 unspecified atom stereocenters. The topological polar surface area (TPSA) is 52.3 Å². The normalized spacial score (nSPS) is 10.7. The lowest BCUT2D eigenvalue weighted by molar-refractivity contribution is -0.154. The zero-order valence-corrected chi connectivity index (χ0v) is 12.8. The number of ether oxygens (including phenoxy) is 1. The van der Waals surface area contributed by atoms with E-state index in [4.69, 9.17) is 10.5 Å². The third-order valence-electron chi connectivity index (χ3n) is 2.49. The zero-order valence-electron chi connectivity index (χ0n) is 11.9. The Kier molecular flexibility index (Phi) is 7.72. The standard InChI is InChI=1S/C15H23NO2.ClH/c1-15(2,3)18-14(17)9-8-12-4-6-13(7-5-12)10-11-16;/h4-7H,8-11,16H2,1-3H3;1H. The number of nitrogens with two attached hydrogens (primary N) is 1. The summed E-state index contributed by atoms with van der Waals surface area (Å²) < 4.78 is 5.27. The fourth-order valence-electron chi connectivity index (χ4n) is 1.68. The first-order valence-electron chi connectivity index (χ1n) is 6.40. The Hall–Kier alpha value is -1.06. The number of rotatable bonds is 5. The van der Waals surface area contributed by atoms with E-state index in [9.17, 15) is 4.79 Å². The van der Waals surface area contributed by atoms with Gasteiger partial charge in [-0.15, -0.1) is 12.4 Å². The number of carbonyl (C=O) groups excluding carboxylic acids is 1. The van der Waals surface area contributed by atoms with Gasteiger partial charge in [0.1, 0.15) is 5.60 Å². The molecule has 0 heterocycles. The predicted molar refractivity (Wildman–Crippen MR) is 80.6 cm³/mol. The van der Waals surface area contributed by atoms with E-state index in [0.717, 1.165) is 18.4 Å². The average molecular weight is 286 g/mol. The van der Waals surface area contributed by atoms with Gasteiger partial charge in [0.25, 0.3) is 0 Å². The maximum atomic E-state index is 11.6. The van der Waals surface area contributed by atoms with Gasteiger partial charge >= 0.3 is 5.97 Å². The Bertz CT molecular complexity index is 382. The van der Waals surface area contributed by atoms with Crippen LogP contribution in [-0.4, -0.2) is 18.1 Å². The van der Waals surface area contributed by atoms with Crippen LogP contribution >= 0.6 is 12.4 Å². The van der Waals surface area contributed by atoms with Crippen LogP contribution in [0, 0.1) is 0 Å². The highest BCUT2D eigenvalue weighted by Crippen LogP contribution is 2.11. The molecule has 3 nitrogen and oxygen atoms in total. The third kappa shape index (κ3) is 7.85. The van der Waals surface area contributed by atoms with Crippen LogP contribution in [0.5, 0.6) is 0 Å². The van der Waals surface area contributed by atoms with E-state index in [2.05, 4.69) is 24.3 Å². The summed E-state index contributed by atoms with van der Waals surface area (Å²) >= 11 is 0. The molecule has 1 aromatic rings. The number of aryl methyl sites for hydroxylation is 1. The SMILES string of the molecule is CC(C)(C)OC(=O)CCc1ccc(CCN)cc1.Cl. The Morgan fingerprint density at radius 1 is 1.11 bits per heavy atom. The molecule has 0 amide bonds. The van der Waals surface area contributed by atoms with Crippen LogP contribution in [0.4, 0.5) is 0 Å². The van der Waals surface area contributed by atoms with Crippen molar-refractivity contribution >= 4 is 18.4 Å². The van der Waals surface area contributed by atoms with E-state index in [1.165, 1.54) is 5.56 Å². The van der Waals surface area contributed by atoms with E-state index in [1.807, 2.05) is 20.8 Å². The van der Waals surface area contributed by atoms with Crippen molar-refractivity contribution in [1.82, 2.24) is 0 Å². The second kappa shape index (κ2) is 8.18. The molecule has 0 aromatic heterocycles. The molecule has 0 saturated heterocycles. The first-order valence-corrected chi connectivity index (χ1v) is 6.40. The van der Waals surface area contributed by atoms with E-state index in [0.29, 0.717) is 13.0 Å². The Labute approximate surface area is 121 Å². The minimum absolute atomic E-state index is 0. The van der Waals surface area contributed by atoms with Gasteiger partial charge in [0.2, 0.25) is 0 Å². The van der Waals surface area contributed by atoms with Gasteiger partial charge in [-0.2, -0.15) is 0 Å². The van der Waals surface area contributed by atoms with Crippen molar-refractivity contribution in [1.29, 1.82) is 0 Å². The molecule has 4 heteroatoms. The molecule has 0 aliphatic rings. The lowest BCUT2D eigenvalue weighted by Gasteiger charge is -2.19. The van der Waals surface area contributed by atoms with Crippen molar-refractivity contribution in [3.63, 3.8) is 0 Å². The number of carbonyl (C=O) groups is 1. The summed E-state index contributed by atoms with van der Waals surface area (Å²) in [6.45, 7) is 6.31. The lowest BCUT2D eigenvalue weighted by atomic mass is 10.1. The highest BCUT2D eigenvalue weighted by molar-refractivity contribution is 5.85. The van der Waals surface area contributed by atoms with Crippen LogP contribution in [0.25, 0.3) is 0 Å². The lowest BCUT2D eigenvalue weighted by Crippen LogP contribution is -2.24. The van der Waals surface area contributed by atoms with Gasteiger partial charge in [-0.1, -0.05) is 24.3 Å². The summed E-state index contributed by atoms with van der Waals surface area (Å²) in [5, 5.41) is 0. The van der Waals surface area contributed by atoms with Gasteiger partial charge in [0, 0.05) is 6.42 Å². The minimum atomic E-state index is -0.401. The first kappa shape index (κ1) is 17.9. The summed E-state index contributed by atoms with van der Waals surface area (Å²) in [6, 6.07) is 8.24. The smallest absolute Gasteiger partial charge is 0.306 e. The number of benzene rings is 1. The summed E-state index contributed by atoms with van der Waals surface area (Å²) in [4.78, 5) is 11.6. The van der Waals surface area contributed by atoms with E-state index >= 15 is 0 Å². The number of hydrogen-bond donors (Lipinski definition) is 1. The minimum Gasteiger partial charge on any atom is -0.460 e. The molecule has 1 aromatic carbocycles. The first-order chi connectivity index (χ1) is 8.40. The molecule has 0 atom stereocenters. The molecule has 0 saturated carbocycles. The van der Waals surface area contributed by atoms with Crippen molar-refractivity contribution < 1.29 is 9.53 Å². The molecule has 2 N–H and O–H groups in total. The molecular weight excluding hydrogens is 262 g/mol. The average Bonchev–Trinajstić information content (AvgIpc) is 2.26. The van der Waals surface area contributed by atoms with Crippen LogP contribution < -0.4 is 5.73 Å². The molecule has 0 spiro atoms. The van der Waals surface area contributed by atoms with E-state index in [1.54, 1.807) is 0 Å². The summed E-state index contributed by atoms with van der Waals surface area (Å²) in [5.41, 5.74) is 7.48. The quantitative estimate of drug-likeness (QED) is 0.847. The van der Waals surface area contributed by atoms with Crippen molar-refractivity contribution in [3.05, 3.63) is 35.4 Å². The Morgan fingerprint density at radius 3 is 2.00 bits per heavy atom. The Morgan fingerprint density at radius 2 is 1.58 bits per heavy atom. The number of hydrogen-bond acceptors (Lipinski definition) is 3. The number of halogens is 1. The second-order valence-corrected chi connectivity index (χ2v) is 5.44. The van der Waals surface area contributed by atoms with Crippen molar-refractivity contribution in [3.8, 4) is 0 Å². The largest absolute Gasteiger partial charge is 0.460 e. The molecule has 0 aliphatic heterocycles. The van der Waals surface area contributed by atoms with Gasteiger partial charge in [0.15, 0.2) is 0 Å². The summed E-state index contributed by atoms with van der Waals surface area (Å²) in [6.07, 6.45) is 2.04. The molecule has 0 bridgehead atoms. The maximum absolute atomic E-state index is 11.6.